The summed E-state index contributed by atoms with van der Waals surface area (Å²) in [5, 5.41) is 0. The Hall–Kier alpha value is -1.07. The van der Waals surface area contributed by atoms with E-state index in [1.165, 1.54) is 0 Å². The van der Waals surface area contributed by atoms with Crippen molar-refractivity contribution in [2.24, 2.45) is 5.84 Å². The topological polar surface area (TPSA) is 38.0 Å². The molecule has 96 valence electrons. The van der Waals surface area contributed by atoms with E-state index in [9.17, 15) is 13.2 Å². The van der Waals surface area contributed by atoms with Crippen LogP contribution in [0.25, 0.3) is 0 Å². The van der Waals surface area contributed by atoms with Crippen LogP contribution in [0.5, 0.6) is 0 Å². The second-order valence-electron chi connectivity index (χ2n) is 4.03. The zero-order valence-corrected chi connectivity index (χ0v) is 9.72. The molecule has 0 saturated heterocycles. The number of alkyl halides is 3. The summed E-state index contributed by atoms with van der Waals surface area (Å²) < 4.78 is 37.0. The van der Waals surface area contributed by atoms with Crippen LogP contribution in [0.3, 0.4) is 0 Å². The van der Waals surface area contributed by atoms with Gasteiger partial charge in [0.15, 0.2) is 0 Å². The highest BCUT2D eigenvalue weighted by molar-refractivity contribution is 5.26. The van der Waals surface area contributed by atoms with Gasteiger partial charge in [-0.1, -0.05) is 37.6 Å². The van der Waals surface area contributed by atoms with Gasteiger partial charge in [-0.15, -0.1) is 0 Å². The maximum atomic E-state index is 12.3. The van der Waals surface area contributed by atoms with Gasteiger partial charge < -0.3 is 0 Å². The van der Waals surface area contributed by atoms with E-state index in [1.54, 1.807) is 18.2 Å². The number of halogens is 3. The summed E-state index contributed by atoms with van der Waals surface area (Å²) in [5.41, 5.74) is 3.84. The van der Waals surface area contributed by atoms with E-state index >= 15 is 0 Å². The van der Waals surface area contributed by atoms with Crippen LogP contribution in [-0.2, 0) is 6.42 Å². The Morgan fingerprint density at radius 2 is 2.06 bits per heavy atom. The quantitative estimate of drug-likeness (QED) is 0.619. The van der Waals surface area contributed by atoms with E-state index in [0.717, 1.165) is 18.4 Å². The summed E-state index contributed by atoms with van der Waals surface area (Å²) in [4.78, 5) is 0. The molecule has 0 spiro atoms. The number of rotatable bonds is 5. The summed E-state index contributed by atoms with van der Waals surface area (Å²) in [7, 11) is 0. The van der Waals surface area contributed by atoms with Gasteiger partial charge in [-0.05, 0) is 17.5 Å². The highest BCUT2D eigenvalue weighted by atomic mass is 19.4. The van der Waals surface area contributed by atoms with Crippen molar-refractivity contribution in [2.75, 3.05) is 0 Å². The Morgan fingerprint density at radius 3 is 2.59 bits per heavy atom. The molecule has 0 saturated carbocycles. The summed E-state index contributed by atoms with van der Waals surface area (Å²) in [6.45, 7) is 2.03. The first-order valence-corrected chi connectivity index (χ1v) is 5.58. The van der Waals surface area contributed by atoms with Crippen LogP contribution < -0.4 is 11.3 Å². The molecule has 0 fully saturated rings. The third-order valence-corrected chi connectivity index (χ3v) is 2.53. The highest BCUT2D eigenvalue weighted by Gasteiger charge is 2.32. The highest BCUT2D eigenvalue weighted by Crippen LogP contribution is 2.29. The molecule has 2 nitrogen and oxygen atoms in total. The Labute approximate surface area is 99.0 Å². The van der Waals surface area contributed by atoms with Crippen molar-refractivity contribution in [3.63, 3.8) is 0 Å². The van der Waals surface area contributed by atoms with E-state index in [2.05, 4.69) is 5.43 Å². The number of benzene rings is 1. The first kappa shape index (κ1) is 14.0. The second-order valence-corrected chi connectivity index (χ2v) is 4.03. The van der Waals surface area contributed by atoms with E-state index < -0.39 is 18.6 Å². The molecule has 1 unspecified atom stereocenters. The molecule has 0 aliphatic heterocycles. The zero-order valence-electron chi connectivity index (χ0n) is 9.72. The van der Waals surface area contributed by atoms with E-state index in [1.807, 2.05) is 13.0 Å². The van der Waals surface area contributed by atoms with Gasteiger partial charge in [0, 0.05) is 0 Å². The fourth-order valence-electron chi connectivity index (χ4n) is 1.76. The molecule has 1 aromatic rings. The minimum atomic E-state index is -4.22. The second kappa shape index (κ2) is 6.02. The third-order valence-electron chi connectivity index (χ3n) is 2.53. The molecule has 0 aromatic heterocycles. The molecule has 1 aromatic carbocycles. The van der Waals surface area contributed by atoms with Gasteiger partial charge in [-0.2, -0.15) is 13.2 Å². The molecule has 5 heteroatoms. The Kier molecular flexibility index (Phi) is 4.96. The first-order valence-electron chi connectivity index (χ1n) is 5.58. The van der Waals surface area contributed by atoms with Crippen LogP contribution in [0, 0.1) is 0 Å². The first-order chi connectivity index (χ1) is 7.96. The molecule has 0 radical (unpaired) electrons. The average molecular weight is 246 g/mol. The Bertz CT molecular complexity index is 350. The van der Waals surface area contributed by atoms with Crippen LogP contribution in [0.15, 0.2) is 24.3 Å². The molecule has 0 aliphatic rings. The number of aryl methyl sites for hydroxylation is 1. The van der Waals surface area contributed by atoms with Gasteiger partial charge >= 0.3 is 6.18 Å². The van der Waals surface area contributed by atoms with E-state index in [-0.39, 0.29) is 0 Å². The summed E-state index contributed by atoms with van der Waals surface area (Å²) in [5.74, 6) is 5.19. The molecule has 0 amide bonds. The number of hydrogen-bond acceptors (Lipinski definition) is 2. The van der Waals surface area contributed by atoms with Gasteiger partial charge in [-0.3, -0.25) is 11.3 Å². The predicted molar refractivity (Wildman–Crippen MR) is 61.2 cm³/mol. The maximum absolute atomic E-state index is 12.3. The molecule has 3 N–H and O–H groups in total. The molecular formula is C12H17F3N2. The fourth-order valence-corrected chi connectivity index (χ4v) is 1.76. The lowest BCUT2D eigenvalue weighted by molar-refractivity contribution is -0.140. The van der Waals surface area contributed by atoms with Crippen molar-refractivity contribution in [3.8, 4) is 0 Å². The van der Waals surface area contributed by atoms with Crippen molar-refractivity contribution in [1.29, 1.82) is 0 Å². The normalized spacial score (nSPS) is 13.7. The van der Waals surface area contributed by atoms with E-state index in [0.29, 0.717) is 5.56 Å². The summed E-state index contributed by atoms with van der Waals surface area (Å²) in [6.07, 6.45) is -3.36. The monoisotopic (exact) mass is 246 g/mol. The number of hydrazine groups is 1. The van der Waals surface area contributed by atoms with Crippen molar-refractivity contribution < 1.29 is 13.2 Å². The Balaban J connectivity index is 2.84. The Morgan fingerprint density at radius 1 is 1.35 bits per heavy atom. The standard InChI is InChI=1S/C12H17F3N2/c1-2-4-9-5-3-6-10(7-9)11(17-16)8-12(13,14)15/h3,5-7,11,17H,2,4,8,16H2,1H3. The SMILES string of the molecule is CCCc1cccc(C(CC(F)(F)F)NN)c1. The van der Waals surface area contributed by atoms with Crippen LogP contribution in [0.4, 0.5) is 13.2 Å². The molecule has 0 bridgehead atoms. The van der Waals surface area contributed by atoms with Crippen LogP contribution >= 0.6 is 0 Å². The smallest absolute Gasteiger partial charge is 0.271 e. The summed E-state index contributed by atoms with van der Waals surface area (Å²) >= 11 is 0. The molecule has 0 heterocycles. The average Bonchev–Trinajstić information content (AvgIpc) is 2.25. The number of hydrogen-bond donors (Lipinski definition) is 2. The lowest BCUT2D eigenvalue weighted by atomic mass is 10.00. The molecule has 0 aliphatic carbocycles. The van der Waals surface area contributed by atoms with Crippen LogP contribution in [0.2, 0.25) is 0 Å². The van der Waals surface area contributed by atoms with Gasteiger partial charge in [0.1, 0.15) is 0 Å². The van der Waals surface area contributed by atoms with Crippen molar-refractivity contribution >= 4 is 0 Å². The molecule has 1 atom stereocenters. The van der Waals surface area contributed by atoms with Crippen LogP contribution in [-0.4, -0.2) is 6.18 Å². The maximum Gasteiger partial charge on any atom is 0.390 e. The van der Waals surface area contributed by atoms with Crippen molar-refractivity contribution in [1.82, 2.24) is 5.43 Å². The fraction of sp³-hybridized carbons (Fsp3) is 0.500. The molecular weight excluding hydrogens is 229 g/mol. The number of nitrogens with two attached hydrogens (primary N) is 1. The van der Waals surface area contributed by atoms with Gasteiger partial charge in [-0.25, -0.2) is 0 Å². The van der Waals surface area contributed by atoms with Gasteiger partial charge in [0.2, 0.25) is 0 Å². The van der Waals surface area contributed by atoms with Gasteiger partial charge in [0.05, 0.1) is 12.5 Å². The van der Waals surface area contributed by atoms with E-state index in [4.69, 9.17) is 5.84 Å². The van der Waals surface area contributed by atoms with Crippen molar-refractivity contribution in [2.45, 2.75) is 38.4 Å². The van der Waals surface area contributed by atoms with Gasteiger partial charge in [0.25, 0.3) is 0 Å². The number of nitrogens with one attached hydrogen (secondary N) is 1. The largest absolute Gasteiger partial charge is 0.390 e. The third kappa shape index (κ3) is 4.75. The molecule has 1 rings (SSSR count). The van der Waals surface area contributed by atoms with Crippen LogP contribution in [0.1, 0.15) is 36.9 Å². The lowest BCUT2D eigenvalue weighted by Crippen LogP contribution is -2.31. The zero-order chi connectivity index (χ0) is 12.9. The molecule has 17 heavy (non-hydrogen) atoms. The lowest BCUT2D eigenvalue weighted by Gasteiger charge is -2.18. The summed E-state index contributed by atoms with van der Waals surface area (Å²) in [6, 6.07) is 6.23. The minimum absolute atomic E-state index is 0.579. The van der Waals surface area contributed by atoms with Crippen molar-refractivity contribution in [3.05, 3.63) is 35.4 Å². The minimum Gasteiger partial charge on any atom is -0.271 e. The predicted octanol–water partition coefficient (Wildman–Crippen LogP) is 3.10.